The molecule has 1 saturated heterocycles. The first-order chi connectivity index (χ1) is 12.1. The van der Waals surface area contributed by atoms with E-state index in [0.717, 1.165) is 32.0 Å². The average Bonchev–Trinajstić information content (AvgIpc) is 2.66. The van der Waals surface area contributed by atoms with Gasteiger partial charge in [0.15, 0.2) is 6.61 Å². The number of benzene rings is 1. The van der Waals surface area contributed by atoms with E-state index in [4.69, 9.17) is 9.47 Å². The molecule has 3 rings (SSSR count). The summed E-state index contributed by atoms with van der Waals surface area (Å²) in [5.74, 6) is 0.522. The molecule has 2 aliphatic rings. The highest BCUT2D eigenvalue weighted by Gasteiger charge is 2.25. The summed E-state index contributed by atoms with van der Waals surface area (Å²) in [4.78, 5) is 28.2. The number of ether oxygens (including phenoxy) is 2. The third-order valence-corrected chi connectivity index (χ3v) is 4.63. The number of amides is 2. The lowest BCUT2D eigenvalue weighted by molar-refractivity contribution is -0.122. The summed E-state index contributed by atoms with van der Waals surface area (Å²) >= 11 is 0. The van der Waals surface area contributed by atoms with Gasteiger partial charge in [0.05, 0.1) is 18.9 Å². The maximum atomic E-state index is 12.2. The predicted octanol–water partition coefficient (Wildman–Crippen LogP) is 0.639. The van der Waals surface area contributed by atoms with Crippen LogP contribution in [0.2, 0.25) is 0 Å². The first-order valence-corrected chi connectivity index (χ1v) is 8.76. The van der Waals surface area contributed by atoms with Gasteiger partial charge in [-0.2, -0.15) is 0 Å². The lowest BCUT2D eigenvalue weighted by Gasteiger charge is -2.32. The van der Waals surface area contributed by atoms with Gasteiger partial charge in [-0.25, -0.2) is 0 Å². The maximum Gasteiger partial charge on any atom is 0.265 e. The Hall–Kier alpha value is -2.12. The highest BCUT2D eigenvalue weighted by atomic mass is 16.5. The molecule has 0 radical (unpaired) electrons. The third-order valence-electron chi connectivity index (χ3n) is 4.63. The van der Waals surface area contributed by atoms with Gasteiger partial charge in [0.1, 0.15) is 5.75 Å². The van der Waals surface area contributed by atoms with Crippen LogP contribution in [0, 0.1) is 0 Å². The number of carbonyl (C=O) groups excluding carboxylic acids is 2. The molecule has 7 nitrogen and oxygen atoms in total. The van der Waals surface area contributed by atoms with Crippen molar-refractivity contribution in [2.45, 2.75) is 19.4 Å². The number of fused-ring (bicyclic) bond motifs is 1. The lowest BCUT2D eigenvalue weighted by atomic mass is 10.2. The molecule has 0 aromatic heterocycles. The van der Waals surface area contributed by atoms with Crippen LogP contribution in [0.1, 0.15) is 13.3 Å². The van der Waals surface area contributed by atoms with Gasteiger partial charge in [-0.05, 0) is 19.1 Å². The number of nitrogens with one attached hydrogen (secondary N) is 1. The quantitative estimate of drug-likeness (QED) is 0.818. The molecule has 2 heterocycles. The van der Waals surface area contributed by atoms with Crippen molar-refractivity contribution in [3.8, 4) is 5.75 Å². The largest absolute Gasteiger partial charge is 0.482 e. The van der Waals surface area contributed by atoms with Crippen LogP contribution in [-0.4, -0.2) is 68.8 Å². The Bertz CT molecular complexity index is 616. The summed E-state index contributed by atoms with van der Waals surface area (Å²) in [5.41, 5.74) is 0.730. The molecule has 0 bridgehead atoms. The maximum absolute atomic E-state index is 12.2. The molecule has 1 aromatic carbocycles. The number of rotatable bonds is 6. The van der Waals surface area contributed by atoms with Crippen LogP contribution in [0.3, 0.4) is 0 Å². The zero-order chi connectivity index (χ0) is 17.6. The number of carbonyl (C=O) groups is 2. The van der Waals surface area contributed by atoms with Crippen LogP contribution < -0.4 is 15.0 Å². The monoisotopic (exact) mass is 347 g/mol. The van der Waals surface area contributed by atoms with Crippen LogP contribution in [0.4, 0.5) is 5.69 Å². The van der Waals surface area contributed by atoms with Crippen molar-refractivity contribution in [3.05, 3.63) is 24.3 Å². The number of nitrogens with zero attached hydrogens (tertiary/aromatic N) is 2. The molecular formula is C18H25N3O4. The Balaban J connectivity index is 1.46. The minimum Gasteiger partial charge on any atom is -0.482 e. The van der Waals surface area contributed by atoms with Gasteiger partial charge in [0.25, 0.3) is 5.91 Å². The fraction of sp³-hybridized carbons (Fsp3) is 0.556. The van der Waals surface area contributed by atoms with E-state index >= 15 is 0 Å². The summed E-state index contributed by atoms with van der Waals surface area (Å²) in [5, 5.41) is 2.97. The summed E-state index contributed by atoms with van der Waals surface area (Å²) in [6.45, 7) is 6.38. The summed E-state index contributed by atoms with van der Waals surface area (Å²) in [7, 11) is 0. The zero-order valence-electron chi connectivity index (χ0n) is 14.6. The van der Waals surface area contributed by atoms with Crippen LogP contribution in [0.5, 0.6) is 5.75 Å². The first-order valence-electron chi connectivity index (χ1n) is 8.76. The van der Waals surface area contributed by atoms with Crippen molar-refractivity contribution in [2.24, 2.45) is 0 Å². The highest BCUT2D eigenvalue weighted by Crippen LogP contribution is 2.31. The fourth-order valence-electron chi connectivity index (χ4n) is 3.11. The van der Waals surface area contributed by atoms with Gasteiger partial charge in [0, 0.05) is 38.6 Å². The molecule has 1 N–H and O–H groups in total. The molecular weight excluding hydrogens is 322 g/mol. The molecule has 0 spiro atoms. The third kappa shape index (κ3) is 4.49. The van der Waals surface area contributed by atoms with E-state index < -0.39 is 0 Å². The number of para-hydroxylation sites is 2. The Morgan fingerprint density at radius 2 is 2.04 bits per heavy atom. The van der Waals surface area contributed by atoms with E-state index in [1.54, 1.807) is 4.90 Å². The molecule has 1 atom stereocenters. The summed E-state index contributed by atoms with van der Waals surface area (Å²) in [6, 6.07) is 7.67. The molecule has 0 aliphatic carbocycles. The molecule has 1 aromatic rings. The van der Waals surface area contributed by atoms with Gasteiger partial charge in [-0.1, -0.05) is 12.1 Å². The number of hydrogen-bond acceptors (Lipinski definition) is 5. The fourth-order valence-corrected chi connectivity index (χ4v) is 3.11. The van der Waals surface area contributed by atoms with Crippen molar-refractivity contribution in [1.29, 1.82) is 0 Å². The second-order valence-corrected chi connectivity index (χ2v) is 6.35. The predicted molar refractivity (Wildman–Crippen MR) is 93.8 cm³/mol. The second kappa shape index (κ2) is 8.31. The smallest absolute Gasteiger partial charge is 0.265 e. The van der Waals surface area contributed by atoms with Crippen molar-refractivity contribution >= 4 is 17.5 Å². The topological polar surface area (TPSA) is 71.1 Å². The number of anilines is 1. The van der Waals surface area contributed by atoms with E-state index in [2.05, 4.69) is 17.1 Å². The number of hydrogen-bond donors (Lipinski definition) is 1. The lowest BCUT2D eigenvalue weighted by Crippen LogP contribution is -2.47. The van der Waals surface area contributed by atoms with Gasteiger partial charge >= 0.3 is 0 Å². The van der Waals surface area contributed by atoms with Gasteiger partial charge in [-0.15, -0.1) is 0 Å². The molecule has 2 aliphatic heterocycles. The molecule has 0 unspecified atom stereocenters. The Labute approximate surface area is 147 Å². The molecule has 0 saturated carbocycles. The highest BCUT2D eigenvalue weighted by molar-refractivity contribution is 5.98. The minimum atomic E-state index is -0.117. The van der Waals surface area contributed by atoms with E-state index in [9.17, 15) is 9.59 Å². The Morgan fingerprint density at radius 3 is 2.84 bits per heavy atom. The summed E-state index contributed by atoms with van der Waals surface area (Å²) in [6.07, 6.45) is 0.274. The van der Waals surface area contributed by atoms with Crippen molar-refractivity contribution < 1.29 is 19.1 Å². The van der Waals surface area contributed by atoms with E-state index in [1.165, 1.54) is 0 Å². The van der Waals surface area contributed by atoms with Gasteiger partial charge in [-0.3, -0.25) is 14.5 Å². The Morgan fingerprint density at radius 1 is 1.28 bits per heavy atom. The van der Waals surface area contributed by atoms with Crippen LogP contribution in [0.25, 0.3) is 0 Å². The first kappa shape index (κ1) is 17.7. The summed E-state index contributed by atoms with van der Waals surface area (Å²) < 4.78 is 10.8. The van der Waals surface area contributed by atoms with E-state index in [0.29, 0.717) is 18.8 Å². The van der Waals surface area contributed by atoms with Crippen molar-refractivity contribution in [1.82, 2.24) is 10.2 Å². The van der Waals surface area contributed by atoms with Crippen LogP contribution in [0.15, 0.2) is 24.3 Å². The van der Waals surface area contributed by atoms with E-state index in [1.807, 2.05) is 24.3 Å². The minimum absolute atomic E-state index is 0.0205. The molecule has 1 fully saturated rings. The average molecular weight is 347 g/mol. The van der Waals surface area contributed by atoms with Gasteiger partial charge < -0.3 is 19.7 Å². The van der Waals surface area contributed by atoms with E-state index in [-0.39, 0.29) is 30.9 Å². The normalized spacial score (nSPS) is 19.1. The number of morpholine rings is 1. The molecule has 25 heavy (non-hydrogen) atoms. The second-order valence-electron chi connectivity index (χ2n) is 6.35. The molecule has 2 amide bonds. The Kier molecular flexibility index (Phi) is 5.88. The van der Waals surface area contributed by atoms with Crippen molar-refractivity contribution in [2.75, 3.05) is 50.9 Å². The molecule has 136 valence electrons. The SMILES string of the molecule is C[C@H](CNC(=O)CCN1C(=O)COc2ccccc21)N1CCOCC1. The van der Waals surface area contributed by atoms with Crippen LogP contribution in [-0.2, 0) is 14.3 Å². The van der Waals surface area contributed by atoms with Crippen LogP contribution >= 0.6 is 0 Å². The standard InChI is InChI=1S/C18H25N3O4/c1-14(20-8-10-24-11-9-20)12-19-17(22)6-7-21-15-4-2-3-5-16(15)25-13-18(21)23/h2-5,14H,6-13H2,1H3,(H,19,22)/t14-/m1/s1. The zero-order valence-corrected chi connectivity index (χ0v) is 14.6. The van der Waals surface area contributed by atoms with Gasteiger partial charge in [0.2, 0.25) is 5.91 Å². The van der Waals surface area contributed by atoms with Crippen molar-refractivity contribution in [3.63, 3.8) is 0 Å². The molecule has 7 heteroatoms.